The van der Waals surface area contributed by atoms with E-state index in [0.717, 1.165) is 57.2 Å². The first kappa shape index (κ1) is 17.3. The molecule has 5 nitrogen and oxygen atoms in total. The summed E-state index contributed by atoms with van der Waals surface area (Å²) in [6.45, 7) is 7.92. The van der Waals surface area contributed by atoms with E-state index < -0.39 is 0 Å². The standard InChI is InChI=1S/C16H27N3O2/c1-3-17-16(18-10-6-12-21-4-2)19-11-9-14-7-5-8-15(20)13-14/h5,7-8,13,20H,3-4,6,9-12H2,1-2H3,(H2,17,18,19). The van der Waals surface area contributed by atoms with E-state index in [0.29, 0.717) is 5.75 Å². The van der Waals surface area contributed by atoms with E-state index in [1.807, 2.05) is 26.0 Å². The van der Waals surface area contributed by atoms with Gasteiger partial charge in [-0.25, -0.2) is 0 Å². The molecule has 0 saturated carbocycles. The van der Waals surface area contributed by atoms with Crippen LogP contribution in [0.3, 0.4) is 0 Å². The van der Waals surface area contributed by atoms with Crippen LogP contribution in [0.1, 0.15) is 25.8 Å². The summed E-state index contributed by atoms with van der Waals surface area (Å²) in [6.07, 6.45) is 1.77. The van der Waals surface area contributed by atoms with Crippen LogP contribution in [-0.2, 0) is 11.2 Å². The van der Waals surface area contributed by atoms with Gasteiger partial charge in [-0.15, -0.1) is 0 Å². The van der Waals surface area contributed by atoms with Gasteiger partial charge in [0.05, 0.1) is 0 Å². The first-order chi connectivity index (χ1) is 10.3. The molecule has 5 heteroatoms. The minimum atomic E-state index is 0.309. The number of hydrogen-bond donors (Lipinski definition) is 3. The second-order valence-corrected chi connectivity index (χ2v) is 4.66. The average molecular weight is 293 g/mol. The SMILES string of the molecule is CCNC(=NCCCOCC)NCCc1cccc(O)c1. The third-order valence-corrected chi connectivity index (χ3v) is 2.88. The van der Waals surface area contributed by atoms with Gasteiger partial charge in [-0.05, 0) is 44.4 Å². The first-order valence-corrected chi connectivity index (χ1v) is 7.64. The van der Waals surface area contributed by atoms with Gasteiger partial charge in [0.25, 0.3) is 0 Å². The molecule has 0 saturated heterocycles. The van der Waals surface area contributed by atoms with Crippen LogP contribution in [-0.4, -0.2) is 43.9 Å². The molecule has 0 aliphatic heterocycles. The van der Waals surface area contributed by atoms with Crippen molar-refractivity contribution < 1.29 is 9.84 Å². The Bertz CT molecular complexity index is 422. The highest BCUT2D eigenvalue weighted by molar-refractivity contribution is 5.79. The minimum absolute atomic E-state index is 0.309. The molecular weight excluding hydrogens is 266 g/mol. The molecule has 0 heterocycles. The monoisotopic (exact) mass is 293 g/mol. The topological polar surface area (TPSA) is 65.9 Å². The van der Waals surface area contributed by atoms with E-state index in [-0.39, 0.29) is 0 Å². The summed E-state index contributed by atoms with van der Waals surface area (Å²) in [4.78, 5) is 4.50. The summed E-state index contributed by atoms with van der Waals surface area (Å²) in [7, 11) is 0. The number of aliphatic imine (C=N–C) groups is 1. The summed E-state index contributed by atoms with van der Waals surface area (Å²) in [5, 5.41) is 15.9. The van der Waals surface area contributed by atoms with Gasteiger partial charge in [0, 0.05) is 32.8 Å². The molecule has 0 aliphatic carbocycles. The lowest BCUT2D eigenvalue weighted by atomic mass is 10.1. The number of benzene rings is 1. The normalized spacial score (nSPS) is 11.4. The van der Waals surface area contributed by atoms with Crippen LogP contribution >= 0.6 is 0 Å². The molecule has 0 unspecified atom stereocenters. The molecule has 0 spiro atoms. The molecule has 0 aliphatic rings. The number of nitrogens with zero attached hydrogens (tertiary/aromatic N) is 1. The van der Waals surface area contributed by atoms with Crippen LogP contribution < -0.4 is 10.6 Å². The largest absolute Gasteiger partial charge is 0.508 e. The molecule has 0 aromatic heterocycles. The van der Waals surface area contributed by atoms with Gasteiger partial charge in [-0.3, -0.25) is 4.99 Å². The Labute approximate surface area is 127 Å². The molecule has 0 fully saturated rings. The highest BCUT2D eigenvalue weighted by Gasteiger charge is 1.98. The number of phenolic OH excluding ortho intramolecular Hbond substituents is 1. The van der Waals surface area contributed by atoms with E-state index in [4.69, 9.17) is 4.74 Å². The zero-order valence-corrected chi connectivity index (χ0v) is 13.1. The number of ether oxygens (including phenoxy) is 1. The number of aromatic hydroxyl groups is 1. The second kappa shape index (κ2) is 11.0. The lowest BCUT2D eigenvalue weighted by Crippen LogP contribution is -2.38. The Morgan fingerprint density at radius 2 is 2.14 bits per heavy atom. The van der Waals surface area contributed by atoms with E-state index in [2.05, 4.69) is 15.6 Å². The van der Waals surface area contributed by atoms with Crippen molar-refractivity contribution in [3.8, 4) is 5.75 Å². The zero-order valence-electron chi connectivity index (χ0n) is 13.1. The van der Waals surface area contributed by atoms with Crippen molar-refractivity contribution in [2.75, 3.05) is 32.8 Å². The molecule has 0 radical (unpaired) electrons. The van der Waals surface area contributed by atoms with E-state index >= 15 is 0 Å². The maximum Gasteiger partial charge on any atom is 0.191 e. The van der Waals surface area contributed by atoms with Crippen LogP contribution in [0.15, 0.2) is 29.3 Å². The number of guanidine groups is 1. The van der Waals surface area contributed by atoms with Crippen LogP contribution in [0.25, 0.3) is 0 Å². The molecule has 1 aromatic carbocycles. The number of nitrogens with one attached hydrogen (secondary N) is 2. The summed E-state index contributed by atoms with van der Waals surface area (Å²) in [6, 6.07) is 7.33. The Morgan fingerprint density at radius 3 is 2.86 bits per heavy atom. The van der Waals surface area contributed by atoms with E-state index in [1.54, 1.807) is 12.1 Å². The van der Waals surface area contributed by atoms with Crippen molar-refractivity contribution in [2.45, 2.75) is 26.7 Å². The van der Waals surface area contributed by atoms with Gasteiger partial charge >= 0.3 is 0 Å². The molecule has 1 rings (SSSR count). The lowest BCUT2D eigenvalue weighted by molar-refractivity contribution is 0.146. The fraction of sp³-hybridized carbons (Fsp3) is 0.562. The molecule has 0 atom stereocenters. The van der Waals surface area contributed by atoms with Gasteiger partial charge < -0.3 is 20.5 Å². The summed E-state index contributed by atoms with van der Waals surface area (Å²) in [5.41, 5.74) is 1.11. The van der Waals surface area contributed by atoms with Crippen molar-refractivity contribution in [1.29, 1.82) is 0 Å². The van der Waals surface area contributed by atoms with Crippen LogP contribution in [0.4, 0.5) is 0 Å². The molecule has 1 aromatic rings. The molecule has 0 amide bonds. The van der Waals surface area contributed by atoms with Gasteiger partial charge in [-0.1, -0.05) is 12.1 Å². The third-order valence-electron chi connectivity index (χ3n) is 2.88. The predicted octanol–water partition coefficient (Wildman–Crippen LogP) is 1.92. The van der Waals surface area contributed by atoms with Crippen molar-refractivity contribution in [3.05, 3.63) is 29.8 Å². The molecule has 21 heavy (non-hydrogen) atoms. The van der Waals surface area contributed by atoms with Crippen LogP contribution in [0.5, 0.6) is 5.75 Å². The number of rotatable bonds is 9. The summed E-state index contributed by atoms with van der Waals surface area (Å²) in [5.74, 6) is 1.14. The predicted molar refractivity (Wildman–Crippen MR) is 86.9 cm³/mol. The fourth-order valence-corrected chi connectivity index (χ4v) is 1.88. The quantitative estimate of drug-likeness (QED) is 0.370. The van der Waals surface area contributed by atoms with Gasteiger partial charge in [0.1, 0.15) is 5.75 Å². The van der Waals surface area contributed by atoms with E-state index in [9.17, 15) is 5.11 Å². The maximum absolute atomic E-state index is 9.42. The zero-order chi connectivity index (χ0) is 15.3. The molecule has 0 bridgehead atoms. The summed E-state index contributed by atoms with van der Waals surface area (Å²) >= 11 is 0. The fourth-order valence-electron chi connectivity index (χ4n) is 1.88. The van der Waals surface area contributed by atoms with Crippen LogP contribution in [0, 0.1) is 0 Å². The highest BCUT2D eigenvalue weighted by Crippen LogP contribution is 2.10. The van der Waals surface area contributed by atoms with Crippen molar-refractivity contribution in [3.63, 3.8) is 0 Å². The molecule has 118 valence electrons. The Morgan fingerprint density at radius 1 is 1.29 bits per heavy atom. The Hall–Kier alpha value is -1.75. The number of phenols is 1. The lowest BCUT2D eigenvalue weighted by Gasteiger charge is -2.11. The first-order valence-electron chi connectivity index (χ1n) is 7.64. The van der Waals surface area contributed by atoms with Gasteiger partial charge in [0.2, 0.25) is 0 Å². The highest BCUT2D eigenvalue weighted by atomic mass is 16.5. The molecular formula is C16H27N3O2. The van der Waals surface area contributed by atoms with Crippen molar-refractivity contribution in [1.82, 2.24) is 10.6 Å². The van der Waals surface area contributed by atoms with Gasteiger partial charge in [0.15, 0.2) is 5.96 Å². The van der Waals surface area contributed by atoms with Gasteiger partial charge in [-0.2, -0.15) is 0 Å². The smallest absolute Gasteiger partial charge is 0.191 e. The van der Waals surface area contributed by atoms with Crippen molar-refractivity contribution in [2.24, 2.45) is 4.99 Å². The number of hydrogen-bond acceptors (Lipinski definition) is 3. The van der Waals surface area contributed by atoms with E-state index in [1.165, 1.54) is 0 Å². The summed E-state index contributed by atoms with van der Waals surface area (Å²) < 4.78 is 5.29. The molecule has 3 N–H and O–H groups in total. The second-order valence-electron chi connectivity index (χ2n) is 4.66. The Balaban J connectivity index is 2.31. The Kier molecular flexibility index (Phi) is 9.04. The minimum Gasteiger partial charge on any atom is -0.508 e. The van der Waals surface area contributed by atoms with Crippen molar-refractivity contribution >= 4 is 5.96 Å². The van der Waals surface area contributed by atoms with Crippen LogP contribution in [0.2, 0.25) is 0 Å². The maximum atomic E-state index is 9.42. The average Bonchev–Trinajstić information content (AvgIpc) is 2.47. The third kappa shape index (κ3) is 8.19.